The molecule has 0 radical (unpaired) electrons. The van der Waals surface area contributed by atoms with Gasteiger partial charge in [0.15, 0.2) is 0 Å². The standard InChI is InChI=1S/C21H19Cl2N3O/c22-16-7-3-14(4-8-16)20-21(15-5-9-17(23)10-6-15)26-19(12-25-20)27-13-18-2-1-11-24-18/h3-10,12,18,24H,1-2,11,13H2/t18-/m1/s1. The smallest absolute Gasteiger partial charge is 0.232 e. The van der Waals surface area contributed by atoms with Crippen LogP contribution in [0.4, 0.5) is 0 Å². The number of ether oxygens (including phenoxy) is 1. The summed E-state index contributed by atoms with van der Waals surface area (Å²) in [6, 6.07) is 15.5. The van der Waals surface area contributed by atoms with Gasteiger partial charge < -0.3 is 10.1 Å². The fourth-order valence-electron chi connectivity index (χ4n) is 3.16. The first kappa shape index (κ1) is 18.2. The van der Waals surface area contributed by atoms with Crippen molar-refractivity contribution in [1.82, 2.24) is 15.3 Å². The molecule has 0 spiro atoms. The number of hydrogen-bond donors (Lipinski definition) is 1. The average Bonchev–Trinajstić information content (AvgIpc) is 3.21. The van der Waals surface area contributed by atoms with Gasteiger partial charge in [0.05, 0.1) is 11.9 Å². The molecule has 138 valence electrons. The number of halogens is 2. The highest BCUT2D eigenvalue weighted by molar-refractivity contribution is 6.31. The second-order valence-electron chi connectivity index (χ2n) is 6.52. The van der Waals surface area contributed by atoms with Crippen LogP contribution < -0.4 is 10.1 Å². The summed E-state index contributed by atoms with van der Waals surface area (Å²) in [5.74, 6) is 0.520. The maximum absolute atomic E-state index is 6.04. The zero-order valence-corrected chi connectivity index (χ0v) is 16.2. The lowest BCUT2D eigenvalue weighted by Gasteiger charge is -2.14. The lowest BCUT2D eigenvalue weighted by molar-refractivity contribution is 0.267. The van der Waals surface area contributed by atoms with Crippen LogP contribution in [-0.4, -0.2) is 29.2 Å². The van der Waals surface area contributed by atoms with Gasteiger partial charge in [0.25, 0.3) is 0 Å². The number of nitrogens with one attached hydrogen (secondary N) is 1. The van der Waals surface area contributed by atoms with Crippen LogP contribution >= 0.6 is 23.2 Å². The van der Waals surface area contributed by atoms with E-state index < -0.39 is 0 Å². The number of aromatic nitrogens is 2. The van der Waals surface area contributed by atoms with E-state index in [0.29, 0.717) is 28.6 Å². The van der Waals surface area contributed by atoms with E-state index in [1.54, 1.807) is 6.20 Å². The zero-order chi connectivity index (χ0) is 18.6. The fourth-order valence-corrected chi connectivity index (χ4v) is 3.41. The number of rotatable bonds is 5. The SMILES string of the molecule is Clc1ccc(-c2ncc(OC[C@H]3CCCN3)nc2-c2ccc(Cl)cc2)cc1. The van der Waals surface area contributed by atoms with Gasteiger partial charge in [-0.25, -0.2) is 9.97 Å². The Bertz CT molecular complexity index is 908. The van der Waals surface area contributed by atoms with Crippen molar-refractivity contribution in [3.63, 3.8) is 0 Å². The molecule has 1 aliphatic rings. The van der Waals surface area contributed by atoms with Gasteiger partial charge in [-0.3, -0.25) is 0 Å². The highest BCUT2D eigenvalue weighted by Crippen LogP contribution is 2.31. The zero-order valence-electron chi connectivity index (χ0n) is 14.7. The Labute approximate surface area is 168 Å². The highest BCUT2D eigenvalue weighted by atomic mass is 35.5. The van der Waals surface area contributed by atoms with Gasteiger partial charge in [0, 0.05) is 27.2 Å². The molecule has 2 heterocycles. The molecular weight excluding hydrogens is 381 g/mol. The molecule has 1 atom stereocenters. The summed E-state index contributed by atoms with van der Waals surface area (Å²) in [5, 5.41) is 4.79. The van der Waals surface area contributed by atoms with Gasteiger partial charge in [-0.1, -0.05) is 47.5 Å². The summed E-state index contributed by atoms with van der Waals surface area (Å²) in [7, 11) is 0. The molecule has 1 aliphatic heterocycles. The summed E-state index contributed by atoms with van der Waals surface area (Å²) in [6.07, 6.45) is 3.99. The molecule has 3 aromatic rings. The molecule has 0 unspecified atom stereocenters. The van der Waals surface area contributed by atoms with Crippen molar-refractivity contribution in [2.45, 2.75) is 18.9 Å². The molecule has 1 saturated heterocycles. The molecule has 1 fully saturated rings. The van der Waals surface area contributed by atoms with Crippen LogP contribution in [0.2, 0.25) is 10.0 Å². The third-order valence-corrected chi connectivity index (χ3v) is 5.08. The first-order valence-electron chi connectivity index (χ1n) is 8.94. The van der Waals surface area contributed by atoms with E-state index in [4.69, 9.17) is 32.9 Å². The van der Waals surface area contributed by atoms with Crippen molar-refractivity contribution in [3.05, 3.63) is 64.8 Å². The minimum atomic E-state index is 0.377. The summed E-state index contributed by atoms with van der Waals surface area (Å²) < 4.78 is 5.90. The molecule has 4 nitrogen and oxygen atoms in total. The van der Waals surface area contributed by atoms with Gasteiger partial charge in [-0.2, -0.15) is 0 Å². The molecular formula is C21H19Cl2N3O. The van der Waals surface area contributed by atoms with Crippen molar-refractivity contribution in [3.8, 4) is 28.4 Å². The Morgan fingerprint density at radius 3 is 2.15 bits per heavy atom. The minimum Gasteiger partial charge on any atom is -0.475 e. The normalized spacial score (nSPS) is 16.4. The van der Waals surface area contributed by atoms with E-state index >= 15 is 0 Å². The monoisotopic (exact) mass is 399 g/mol. The third-order valence-electron chi connectivity index (χ3n) is 4.58. The highest BCUT2D eigenvalue weighted by Gasteiger charge is 2.17. The Balaban J connectivity index is 1.69. The van der Waals surface area contributed by atoms with Crippen LogP contribution in [0.1, 0.15) is 12.8 Å². The van der Waals surface area contributed by atoms with Crippen LogP contribution in [0.5, 0.6) is 5.88 Å². The van der Waals surface area contributed by atoms with E-state index in [2.05, 4.69) is 10.3 Å². The first-order valence-corrected chi connectivity index (χ1v) is 9.70. The molecule has 0 amide bonds. The maximum Gasteiger partial charge on any atom is 0.232 e. The van der Waals surface area contributed by atoms with E-state index in [0.717, 1.165) is 35.5 Å². The molecule has 2 aromatic carbocycles. The first-order chi connectivity index (χ1) is 13.2. The van der Waals surface area contributed by atoms with Crippen LogP contribution in [0.25, 0.3) is 22.5 Å². The van der Waals surface area contributed by atoms with Gasteiger partial charge in [-0.15, -0.1) is 0 Å². The van der Waals surface area contributed by atoms with Crippen LogP contribution in [0.15, 0.2) is 54.7 Å². The molecule has 1 N–H and O–H groups in total. The lowest BCUT2D eigenvalue weighted by atomic mass is 10.0. The Hall–Kier alpha value is -2.14. The Morgan fingerprint density at radius 2 is 1.56 bits per heavy atom. The molecule has 0 saturated carbocycles. The van der Waals surface area contributed by atoms with E-state index in [-0.39, 0.29) is 0 Å². The average molecular weight is 400 g/mol. The summed E-state index contributed by atoms with van der Waals surface area (Å²) in [5.41, 5.74) is 3.41. The van der Waals surface area contributed by atoms with Crippen LogP contribution in [-0.2, 0) is 0 Å². The largest absolute Gasteiger partial charge is 0.475 e. The van der Waals surface area contributed by atoms with Crippen molar-refractivity contribution in [2.24, 2.45) is 0 Å². The van der Waals surface area contributed by atoms with Gasteiger partial charge in [-0.05, 0) is 43.7 Å². The second kappa shape index (κ2) is 8.26. The molecule has 0 bridgehead atoms. The minimum absolute atomic E-state index is 0.377. The Kier molecular flexibility index (Phi) is 5.58. The summed E-state index contributed by atoms with van der Waals surface area (Å²) in [4.78, 5) is 9.38. The maximum atomic E-state index is 6.04. The van der Waals surface area contributed by atoms with Crippen LogP contribution in [0, 0.1) is 0 Å². The number of nitrogens with zero attached hydrogens (tertiary/aromatic N) is 2. The van der Waals surface area contributed by atoms with E-state index in [1.165, 1.54) is 6.42 Å². The molecule has 0 aliphatic carbocycles. The van der Waals surface area contributed by atoms with Crippen LogP contribution in [0.3, 0.4) is 0 Å². The summed E-state index contributed by atoms with van der Waals surface area (Å²) in [6.45, 7) is 1.64. The van der Waals surface area contributed by atoms with Crippen molar-refractivity contribution in [1.29, 1.82) is 0 Å². The van der Waals surface area contributed by atoms with Crippen molar-refractivity contribution >= 4 is 23.2 Å². The third kappa shape index (κ3) is 4.41. The lowest BCUT2D eigenvalue weighted by Crippen LogP contribution is -2.28. The molecule has 6 heteroatoms. The van der Waals surface area contributed by atoms with Gasteiger partial charge in [0.1, 0.15) is 12.3 Å². The molecule has 27 heavy (non-hydrogen) atoms. The van der Waals surface area contributed by atoms with Crippen molar-refractivity contribution < 1.29 is 4.74 Å². The molecule has 1 aromatic heterocycles. The Morgan fingerprint density at radius 1 is 0.926 bits per heavy atom. The van der Waals surface area contributed by atoms with E-state index in [1.807, 2.05) is 48.5 Å². The second-order valence-corrected chi connectivity index (χ2v) is 7.40. The number of hydrogen-bond acceptors (Lipinski definition) is 4. The van der Waals surface area contributed by atoms with Gasteiger partial charge in [0.2, 0.25) is 5.88 Å². The predicted molar refractivity (Wildman–Crippen MR) is 109 cm³/mol. The van der Waals surface area contributed by atoms with E-state index in [9.17, 15) is 0 Å². The topological polar surface area (TPSA) is 47.0 Å². The van der Waals surface area contributed by atoms with Crippen molar-refractivity contribution in [2.75, 3.05) is 13.2 Å². The predicted octanol–water partition coefficient (Wildman–Crippen LogP) is 5.25. The fraction of sp³-hybridized carbons (Fsp3) is 0.238. The summed E-state index contributed by atoms with van der Waals surface area (Å²) >= 11 is 12.1. The molecule has 4 rings (SSSR count). The number of benzene rings is 2. The quantitative estimate of drug-likeness (QED) is 0.636. The van der Waals surface area contributed by atoms with Gasteiger partial charge >= 0.3 is 0 Å².